The van der Waals surface area contributed by atoms with Crippen LogP contribution >= 0.6 is 0 Å². The minimum atomic E-state index is -2.46. The number of amides is 13. The molecule has 3 aromatic rings. The summed E-state index contributed by atoms with van der Waals surface area (Å²) in [6.07, 6.45) is -2.03. The molecule has 0 fully saturated rings. The summed E-state index contributed by atoms with van der Waals surface area (Å²) in [5, 5.41) is 85.0. The van der Waals surface area contributed by atoms with Crippen LogP contribution in [-0.2, 0) is 102 Å². The van der Waals surface area contributed by atoms with Crippen LogP contribution in [0.3, 0.4) is 0 Å². The summed E-state index contributed by atoms with van der Waals surface area (Å²) in [7, 11) is 0. The lowest BCUT2D eigenvalue weighted by Gasteiger charge is -2.30. The second-order valence-electron chi connectivity index (χ2n) is 27.1. The number of aromatic nitrogens is 1. The number of benzene rings is 2. The van der Waals surface area contributed by atoms with Crippen molar-refractivity contribution in [3.05, 3.63) is 65.9 Å². The van der Waals surface area contributed by atoms with Crippen molar-refractivity contribution in [3.63, 3.8) is 0 Å². The summed E-state index contributed by atoms with van der Waals surface area (Å²) in [5.74, 6) is -29.4. The van der Waals surface area contributed by atoms with Crippen molar-refractivity contribution in [1.29, 1.82) is 0 Å². The number of nitrogens with two attached hydrogens (primary N) is 4. The normalized spacial score (nSPS) is 14.3. The van der Waals surface area contributed by atoms with E-state index in [0.717, 1.165) is 46.0 Å². The summed E-state index contributed by atoms with van der Waals surface area (Å²) in [4.78, 5) is 270. The van der Waals surface area contributed by atoms with Crippen molar-refractivity contribution in [1.82, 2.24) is 68.8 Å². The highest BCUT2D eigenvalue weighted by Crippen LogP contribution is 2.21. The van der Waals surface area contributed by atoms with Crippen LogP contribution in [0.25, 0.3) is 10.9 Å². The molecule has 0 saturated carbocycles. The van der Waals surface area contributed by atoms with Crippen molar-refractivity contribution in [2.45, 2.75) is 209 Å². The fourth-order valence-electron chi connectivity index (χ4n) is 11.4. The summed E-state index contributed by atoms with van der Waals surface area (Å²) < 4.78 is 5.66. The SMILES string of the molecule is CCCCCCCCCC(=O)N[C@@H](Cc1c[nH]c2ccccc12)C(=O)N[C@H](CC(N)=O)C(=O)N[C@@H](CC(=O)O)C(=O)N[C@H](C(=O)NCC(=O)N[C@@H](CCCN)C(=O)N[C@@H](CC(=O)O)C(=O)O)[C@@H](C)OC(=O)[C@H](CC(=O)c1ccccc1N)NC(=O)[C@@H](NC(=O)[C@@H](CO)NC(=O)CNC(=O)[C@H](CC(=O)O)NC(=O)[C@@H](C)N)[C@H](C)CC(=O)O. The molecule has 638 valence electrons. The van der Waals surface area contributed by atoms with Crippen molar-refractivity contribution < 1.29 is 131 Å². The van der Waals surface area contributed by atoms with Crippen LogP contribution in [0, 0.1) is 5.92 Å². The van der Waals surface area contributed by atoms with E-state index in [1.165, 1.54) is 31.2 Å². The summed E-state index contributed by atoms with van der Waals surface area (Å²) >= 11 is 0. The Labute approximate surface area is 663 Å². The van der Waals surface area contributed by atoms with Crippen LogP contribution in [0.2, 0.25) is 0 Å². The number of nitrogens with one attached hydrogen (secondary N) is 13. The lowest BCUT2D eigenvalue weighted by molar-refractivity contribution is -0.156. The Bertz CT molecular complexity index is 4020. The maximum atomic E-state index is 14.8. The number of primary amides is 1. The summed E-state index contributed by atoms with van der Waals surface area (Å²) in [6, 6.07) is -9.63. The number of unbranched alkanes of at least 4 members (excludes halogenated alkanes) is 6. The quantitative estimate of drug-likeness (QED) is 0.0108. The van der Waals surface area contributed by atoms with E-state index in [2.05, 4.69) is 59.8 Å². The van der Waals surface area contributed by atoms with Gasteiger partial charge in [-0.15, -0.1) is 0 Å². The highest BCUT2D eigenvalue weighted by molar-refractivity contribution is 6.05. The van der Waals surface area contributed by atoms with Crippen molar-refractivity contribution >= 4 is 135 Å². The number of aromatic amines is 1. The minimum Gasteiger partial charge on any atom is -0.481 e. The smallest absolute Gasteiger partial charge is 0.329 e. The molecule has 0 unspecified atom stereocenters. The second-order valence-corrected chi connectivity index (χ2v) is 27.1. The first-order chi connectivity index (χ1) is 54.7. The molecule has 27 N–H and O–H groups in total. The number of carboxylic acids is 5. The highest BCUT2D eigenvalue weighted by Gasteiger charge is 2.41. The third kappa shape index (κ3) is 34.7. The van der Waals surface area contributed by atoms with Gasteiger partial charge in [0.25, 0.3) is 0 Å². The number of esters is 1. The fourth-order valence-corrected chi connectivity index (χ4v) is 11.4. The van der Waals surface area contributed by atoms with Gasteiger partial charge in [-0.1, -0.05) is 82.7 Å². The predicted octanol–water partition coefficient (Wildman–Crippen LogP) is -5.71. The molecular formula is C72H103N17O27. The molecule has 44 nitrogen and oxygen atoms in total. The summed E-state index contributed by atoms with van der Waals surface area (Å²) in [5.41, 5.74) is 23.4. The predicted molar refractivity (Wildman–Crippen MR) is 404 cm³/mol. The van der Waals surface area contributed by atoms with Crippen LogP contribution in [0.5, 0.6) is 0 Å². The number of ketones is 1. The van der Waals surface area contributed by atoms with Crippen molar-refractivity contribution in [3.8, 4) is 0 Å². The Balaban J connectivity index is 2.17. The Morgan fingerprint density at radius 2 is 0.940 bits per heavy atom. The Kier molecular flexibility index (Phi) is 41.7. The molecular weight excluding hydrogens is 1530 g/mol. The number of carbonyl (C=O) groups is 20. The van der Waals surface area contributed by atoms with Gasteiger partial charge in [-0.3, -0.25) is 86.3 Å². The lowest BCUT2D eigenvalue weighted by Crippen LogP contribution is -2.62. The largest absolute Gasteiger partial charge is 0.481 e. The van der Waals surface area contributed by atoms with Gasteiger partial charge in [-0.25, -0.2) is 9.59 Å². The molecule has 116 heavy (non-hydrogen) atoms. The van der Waals surface area contributed by atoms with Crippen LogP contribution in [-0.4, -0.2) is 253 Å². The van der Waals surface area contributed by atoms with Crippen LogP contribution in [0.4, 0.5) is 5.69 Å². The number of fused-ring (bicyclic) bond motifs is 1. The van der Waals surface area contributed by atoms with Gasteiger partial charge < -0.3 is 127 Å². The number of hydrogen-bond acceptors (Lipinski definition) is 25. The van der Waals surface area contributed by atoms with E-state index in [1.807, 2.05) is 16.0 Å². The van der Waals surface area contributed by atoms with Crippen LogP contribution in [0.15, 0.2) is 54.7 Å². The Morgan fingerprint density at radius 1 is 0.466 bits per heavy atom. The van der Waals surface area contributed by atoms with Gasteiger partial charge in [-0.05, 0) is 69.3 Å². The number of ether oxygens (including phenoxy) is 1. The zero-order valence-electron chi connectivity index (χ0n) is 64.1. The van der Waals surface area contributed by atoms with E-state index < -0.39 is 255 Å². The van der Waals surface area contributed by atoms with Gasteiger partial charge in [0.05, 0.1) is 57.8 Å². The molecule has 44 heteroatoms. The van der Waals surface area contributed by atoms with Crippen molar-refractivity contribution in [2.24, 2.45) is 23.1 Å². The standard InChI is InChI=1S/C72H103N17O27/c1-5-6-7-8-9-10-11-22-53(93)81-44(25-38-31-77-42-20-15-13-17-39(38)42)65(107)84-45(27-52(76)92)66(108)85-47(29-58(100)101)67(109)89-61(69(111)79-33-54(94)80-43(21-16-23-73)64(106)86-48(71(113)114)30-59(102)103)37(4)116-72(115)49(26-51(91)40-18-12-14-19-41(40)75)87-70(112)60(35(2)24-56(96)97)88-68(110)50(34-90)82-55(95)32-78-63(105)46(28-57(98)99)83-62(104)36(3)74/h12-15,17-20,31,35-37,43-50,60-61,77,90H,5-11,16,21-30,32-34,73-75H2,1-4H3,(H2,76,92)(H,78,105)(H,79,111)(H,80,94)(H,81,93)(H,82,95)(H,83,104)(H,84,107)(H,85,108)(H,86,106)(H,87,112)(H,88,110)(H,89,109)(H,96,97)(H,98,99)(H,100,101)(H,102,103)(H,113,114)/t35-,36-,37-,43+,44+,45-,46+,47+,48+,49+,50-,60+,61+/m1/s1. The Morgan fingerprint density at radius 3 is 1.51 bits per heavy atom. The van der Waals surface area contributed by atoms with Gasteiger partial charge in [-0.2, -0.15) is 0 Å². The highest BCUT2D eigenvalue weighted by atomic mass is 16.5. The van der Waals surface area contributed by atoms with Crippen LogP contribution < -0.4 is 86.7 Å². The van der Waals surface area contributed by atoms with E-state index >= 15 is 0 Å². The second kappa shape index (κ2) is 49.7. The lowest BCUT2D eigenvalue weighted by atomic mass is 9.96. The van der Waals surface area contributed by atoms with E-state index in [0.29, 0.717) is 29.3 Å². The molecule has 0 aliphatic carbocycles. The fraction of sp³-hybridized carbons (Fsp3) is 0.528. The Hall–Kier alpha value is -12.7. The van der Waals surface area contributed by atoms with E-state index in [4.69, 9.17) is 27.7 Å². The monoisotopic (exact) mass is 1640 g/mol. The molecule has 0 spiro atoms. The van der Waals surface area contributed by atoms with Crippen molar-refractivity contribution in [2.75, 3.05) is 32.0 Å². The zero-order valence-corrected chi connectivity index (χ0v) is 64.1. The van der Waals surface area contributed by atoms with Crippen LogP contribution in [0.1, 0.15) is 146 Å². The van der Waals surface area contributed by atoms with E-state index in [-0.39, 0.29) is 43.5 Å². The third-order valence-electron chi connectivity index (χ3n) is 17.5. The van der Waals surface area contributed by atoms with E-state index in [1.54, 1.807) is 30.5 Å². The number of carbonyl (C=O) groups excluding carboxylic acids is 15. The number of rotatable bonds is 55. The maximum absolute atomic E-state index is 14.8. The molecule has 1 heterocycles. The number of aliphatic carboxylic acids is 5. The van der Waals surface area contributed by atoms with Gasteiger partial charge in [0.1, 0.15) is 66.5 Å². The molecule has 2 aromatic carbocycles. The molecule has 1 aromatic heterocycles. The van der Waals surface area contributed by atoms with Gasteiger partial charge >= 0.3 is 35.8 Å². The zero-order chi connectivity index (χ0) is 87.1. The number of anilines is 1. The van der Waals surface area contributed by atoms with Gasteiger partial charge in [0.2, 0.25) is 76.8 Å². The number of aliphatic hydroxyl groups is 1. The summed E-state index contributed by atoms with van der Waals surface area (Å²) in [6.45, 7) is 1.52. The van der Waals surface area contributed by atoms with Gasteiger partial charge in [0, 0.05) is 47.6 Å². The number of nitrogen functional groups attached to an aromatic ring is 1. The molecule has 0 aliphatic rings. The number of hydrogen-bond donors (Lipinski definition) is 23. The molecule has 0 saturated heterocycles. The molecule has 3 rings (SSSR count). The molecule has 0 radical (unpaired) electrons. The number of para-hydroxylation sites is 2. The minimum absolute atomic E-state index is 0.0236. The number of Topliss-reactive ketones (excluding diaryl/α,β-unsaturated/α-hetero) is 1. The maximum Gasteiger partial charge on any atom is 0.329 e. The molecule has 0 bridgehead atoms. The third-order valence-corrected chi connectivity index (χ3v) is 17.5. The molecule has 13 amide bonds. The van der Waals surface area contributed by atoms with E-state index in [9.17, 15) is 127 Å². The molecule has 0 aliphatic heterocycles. The first kappa shape index (κ1) is 97.5. The number of carboxylic acid groups (broad SMARTS) is 5. The number of H-pyrrole nitrogens is 1. The average Bonchev–Trinajstić information content (AvgIpc) is 1.67. The topological polar surface area (TPSA) is 736 Å². The first-order valence-electron chi connectivity index (χ1n) is 36.8. The number of aliphatic hydroxyl groups excluding tert-OH is 1. The average molecular weight is 1640 g/mol. The van der Waals surface area contributed by atoms with Gasteiger partial charge in [0.15, 0.2) is 5.78 Å². The first-order valence-corrected chi connectivity index (χ1v) is 36.8. The molecule has 13 atom stereocenters.